The van der Waals surface area contributed by atoms with Gasteiger partial charge in [0.15, 0.2) is 0 Å². The molecule has 9 aromatic carbocycles. The minimum atomic E-state index is 0.888. The lowest BCUT2D eigenvalue weighted by Crippen LogP contribution is -1.97. The smallest absolute Gasteiger partial charge is 0.0979 e. The molecule has 0 bridgehead atoms. The number of nitrogens with zero attached hydrogens (tertiary/aromatic N) is 3. The third-order valence-electron chi connectivity index (χ3n) is 10.5. The second kappa shape index (κ2) is 10.8. The molecule has 3 nitrogen and oxygen atoms in total. The maximum Gasteiger partial charge on any atom is 0.0979 e. The van der Waals surface area contributed by atoms with Gasteiger partial charge in [-0.2, -0.15) is 0 Å². The Hall–Kier alpha value is -6.84. The van der Waals surface area contributed by atoms with Crippen LogP contribution in [0.1, 0.15) is 0 Å². The average Bonchev–Trinajstić information content (AvgIpc) is 3.56. The molecule has 0 unspecified atom stereocenters. The standard InChI is InChI=1S/C48H29N3/c1-3-13-33(14-4-1)46-47(34-15-5-2-6-16-34)50-48-40(49-46)26-21-32-19-20-35-29-36(24-25-39(35)43(32)48)51-41-27-22-30-11-7-9-17-37(30)44(41)45-38-18-10-8-12-31(38)23-28-42(45)51/h1-29H. The molecule has 3 heteroatoms. The molecule has 11 aromatic rings. The molecule has 0 saturated heterocycles. The van der Waals surface area contributed by atoms with E-state index >= 15 is 0 Å². The predicted octanol–water partition coefficient (Wildman–Crippen LogP) is 12.7. The van der Waals surface area contributed by atoms with Crippen molar-refractivity contribution in [2.75, 3.05) is 0 Å². The van der Waals surface area contributed by atoms with Gasteiger partial charge >= 0.3 is 0 Å². The third kappa shape index (κ3) is 4.19. The Labute approximate surface area is 293 Å². The molecule has 0 aliphatic rings. The summed E-state index contributed by atoms with van der Waals surface area (Å²) in [7, 11) is 0. The predicted molar refractivity (Wildman–Crippen MR) is 215 cm³/mol. The van der Waals surface area contributed by atoms with Crippen LogP contribution in [0.4, 0.5) is 0 Å². The number of hydrogen-bond donors (Lipinski definition) is 0. The van der Waals surface area contributed by atoms with Crippen molar-refractivity contribution in [3.05, 3.63) is 176 Å². The van der Waals surface area contributed by atoms with Crippen molar-refractivity contribution in [2.45, 2.75) is 0 Å². The molecule has 0 N–H and O–H groups in total. The van der Waals surface area contributed by atoms with Gasteiger partial charge in [0.25, 0.3) is 0 Å². The molecule has 0 amide bonds. The van der Waals surface area contributed by atoms with Gasteiger partial charge in [-0.1, -0.05) is 146 Å². The molecule has 0 saturated carbocycles. The van der Waals surface area contributed by atoms with Crippen LogP contribution in [0.3, 0.4) is 0 Å². The summed E-state index contributed by atoms with van der Waals surface area (Å²) < 4.78 is 2.44. The highest BCUT2D eigenvalue weighted by Crippen LogP contribution is 2.42. The van der Waals surface area contributed by atoms with Crippen molar-refractivity contribution in [1.82, 2.24) is 14.5 Å². The Morgan fingerprint density at radius 2 is 0.863 bits per heavy atom. The normalized spacial score (nSPS) is 11.9. The first-order valence-corrected chi connectivity index (χ1v) is 17.4. The monoisotopic (exact) mass is 647 g/mol. The largest absolute Gasteiger partial charge is 0.309 e. The summed E-state index contributed by atoms with van der Waals surface area (Å²) >= 11 is 0. The van der Waals surface area contributed by atoms with Crippen molar-refractivity contribution in [3.8, 4) is 28.2 Å². The van der Waals surface area contributed by atoms with Crippen molar-refractivity contribution in [1.29, 1.82) is 0 Å². The van der Waals surface area contributed by atoms with E-state index < -0.39 is 0 Å². The third-order valence-corrected chi connectivity index (χ3v) is 10.5. The molecule has 236 valence electrons. The van der Waals surface area contributed by atoms with Gasteiger partial charge in [0.05, 0.1) is 33.5 Å². The Bertz CT molecular complexity index is 3080. The highest BCUT2D eigenvalue weighted by molar-refractivity contribution is 6.28. The van der Waals surface area contributed by atoms with E-state index in [0.717, 1.165) is 50.0 Å². The summed E-state index contributed by atoms with van der Waals surface area (Å²) in [5, 5.41) is 12.2. The van der Waals surface area contributed by atoms with Crippen LogP contribution in [0.2, 0.25) is 0 Å². The number of fused-ring (bicyclic) bond motifs is 12. The molecular weight excluding hydrogens is 619 g/mol. The maximum atomic E-state index is 5.44. The van der Waals surface area contributed by atoms with Crippen molar-refractivity contribution < 1.29 is 0 Å². The number of benzene rings is 9. The van der Waals surface area contributed by atoms with Gasteiger partial charge in [-0.05, 0) is 68.0 Å². The number of aromatic nitrogens is 3. The molecule has 2 aromatic heterocycles. The fourth-order valence-corrected chi connectivity index (χ4v) is 8.21. The Kier molecular flexibility index (Phi) is 5.96. The van der Waals surface area contributed by atoms with Gasteiger partial charge in [0.2, 0.25) is 0 Å². The minimum absolute atomic E-state index is 0.888. The molecule has 11 rings (SSSR count). The van der Waals surface area contributed by atoms with E-state index in [2.05, 4.69) is 168 Å². The summed E-state index contributed by atoms with van der Waals surface area (Å²) in [5.41, 5.74) is 9.24. The number of hydrogen-bond acceptors (Lipinski definition) is 2. The highest BCUT2D eigenvalue weighted by atomic mass is 15.0. The van der Waals surface area contributed by atoms with E-state index in [9.17, 15) is 0 Å². The van der Waals surface area contributed by atoms with Crippen molar-refractivity contribution in [3.63, 3.8) is 0 Å². The van der Waals surface area contributed by atoms with E-state index in [-0.39, 0.29) is 0 Å². The van der Waals surface area contributed by atoms with E-state index in [4.69, 9.17) is 9.97 Å². The Balaban J connectivity index is 1.20. The van der Waals surface area contributed by atoms with Gasteiger partial charge in [0.1, 0.15) is 0 Å². The molecule has 51 heavy (non-hydrogen) atoms. The zero-order valence-electron chi connectivity index (χ0n) is 27.6. The van der Waals surface area contributed by atoms with Crippen LogP contribution >= 0.6 is 0 Å². The summed E-state index contributed by atoms with van der Waals surface area (Å²) in [4.78, 5) is 10.7. The van der Waals surface area contributed by atoms with E-state index in [1.165, 1.54) is 54.1 Å². The Morgan fingerprint density at radius 1 is 0.353 bits per heavy atom. The molecule has 0 fully saturated rings. The molecule has 0 aliphatic carbocycles. The van der Waals surface area contributed by atoms with Crippen LogP contribution in [0.15, 0.2) is 176 Å². The fraction of sp³-hybridized carbons (Fsp3) is 0. The molecule has 2 heterocycles. The van der Waals surface area contributed by atoms with Gasteiger partial charge in [0, 0.05) is 33.0 Å². The lowest BCUT2D eigenvalue weighted by atomic mass is 9.98. The van der Waals surface area contributed by atoms with E-state index in [0.29, 0.717) is 0 Å². The first kappa shape index (κ1) is 28.0. The first-order chi connectivity index (χ1) is 25.3. The minimum Gasteiger partial charge on any atom is -0.309 e. The van der Waals surface area contributed by atoms with Gasteiger partial charge in [-0.3, -0.25) is 0 Å². The van der Waals surface area contributed by atoms with Crippen LogP contribution in [-0.4, -0.2) is 14.5 Å². The molecule has 0 aliphatic heterocycles. The fourth-order valence-electron chi connectivity index (χ4n) is 8.21. The summed E-state index contributed by atoms with van der Waals surface area (Å²) in [6.45, 7) is 0. The van der Waals surface area contributed by atoms with Crippen LogP contribution in [0.25, 0.3) is 104 Å². The maximum absolute atomic E-state index is 5.44. The van der Waals surface area contributed by atoms with E-state index in [1.54, 1.807) is 0 Å². The first-order valence-electron chi connectivity index (χ1n) is 17.4. The highest BCUT2D eigenvalue weighted by Gasteiger charge is 2.19. The van der Waals surface area contributed by atoms with Gasteiger partial charge in [-0.25, -0.2) is 9.97 Å². The van der Waals surface area contributed by atoms with Crippen LogP contribution < -0.4 is 0 Å². The van der Waals surface area contributed by atoms with Crippen LogP contribution in [0, 0.1) is 0 Å². The number of rotatable bonds is 3. The van der Waals surface area contributed by atoms with Crippen molar-refractivity contribution in [2.24, 2.45) is 0 Å². The van der Waals surface area contributed by atoms with Gasteiger partial charge < -0.3 is 4.57 Å². The molecule has 0 atom stereocenters. The van der Waals surface area contributed by atoms with Gasteiger partial charge in [-0.15, -0.1) is 0 Å². The molecule has 0 radical (unpaired) electrons. The average molecular weight is 648 g/mol. The second-order valence-electron chi connectivity index (χ2n) is 13.4. The topological polar surface area (TPSA) is 30.7 Å². The SMILES string of the molecule is c1ccc(-c2nc3ccc4ccc5cc(-n6c7ccc8ccccc8c7c7c8ccccc8ccc76)ccc5c4c3nc2-c2ccccc2)cc1. The molecular formula is C48H29N3. The lowest BCUT2D eigenvalue weighted by Gasteiger charge is -2.14. The zero-order valence-corrected chi connectivity index (χ0v) is 27.6. The van der Waals surface area contributed by atoms with E-state index in [1.807, 2.05) is 12.1 Å². The quantitative estimate of drug-likeness (QED) is 0.179. The van der Waals surface area contributed by atoms with Crippen molar-refractivity contribution >= 4 is 75.9 Å². The molecule has 0 spiro atoms. The van der Waals surface area contributed by atoms with Crippen LogP contribution in [-0.2, 0) is 0 Å². The van der Waals surface area contributed by atoms with Crippen LogP contribution in [0.5, 0.6) is 0 Å². The Morgan fingerprint density at radius 3 is 1.51 bits per heavy atom. The summed E-state index contributed by atoms with van der Waals surface area (Å²) in [6, 6.07) is 63.0. The zero-order chi connectivity index (χ0) is 33.5. The summed E-state index contributed by atoms with van der Waals surface area (Å²) in [5.74, 6) is 0. The second-order valence-corrected chi connectivity index (χ2v) is 13.4. The summed E-state index contributed by atoms with van der Waals surface area (Å²) in [6.07, 6.45) is 0. The lowest BCUT2D eigenvalue weighted by molar-refractivity contribution is 1.19.